The fourth-order valence-electron chi connectivity index (χ4n) is 2.50. The van der Waals surface area contributed by atoms with E-state index in [4.69, 9.17) is 5.73 Å². The van der Waals surface area contributed by atoms with Gasteiger partial charge in [0.2, 0.25) is 10.0 Å². The zero-order valence-electron chi connectivity index (χ0n) is 11.3. The first-order valence-electron chi connectivity index (χ1n) is 6.61. The normalized spacial score (nSPS) is 18.7. The van der Waals surface area contributed by atoms with Crippen LogP contribution >= 0.6 is 0 Å². The predicted molar refractivity (Wildman–Crippen MR) is 74.1 cm³/mol. The molecule has 8 heteroatoms. The quantitative estimate of drug-likeness (QED) is 0.818. The number of alkyl halides is 3. The Balaban J connectivity index is 1.96. The molecule has 118 valence electrons. The zero-order chi connectivity index (χ0) is 15.7. The topological polar surface area (TPSA) is 72.2 Å². The van der Waals surface area contributed by atoms with Gasteiger partial charge in [-0.15, -0.1) is 0 Å². The van der Waals surface area contributed by atoms with Gasteiger partial charge in [-0.25, -0.2) is 13.1 Å². The molecule has 2 rings (SSSR count). The van der Waals surface area contributed by atoms with E-state index in [0.717, 1.165) is 11.1 Å². The number of sulfonamides is 1. The zero-order valence-corrected chi connectivity index (χ0v) is 12.1. The lowest BCUT2D eigenvalue weighted by Crippen LogP contribution is -2.30. The van der Waals surface area contributed by atoms with Crippen LogP contribution in [0, 0.1) is 0 Å². The number of fused-ring (bicyclic) bond motifs is 1. The van der Waals surface area contributed by atoms with Crippen molar-refractivity contribution >= 4 is 15.7 Å². The standard InChI is InChI=1S/C13H17F3N2O2S/c14-13(15,16)6-1-7-21(19,20)18-12-5-2-9-8-10(17)3-4-11(9)12/h3-4,8,12,18H,1-2,5-7,17H2. The average Bonchev–Trinajstić information content (AvgIpc) is 2.68. The van der Waals surface area contributed by atoms with Crippen LogP contribution in [0.3, 0.4) is 0 Å². The number of rotatable bonds is 5. The number of hydrogen-bond acceptors (Lipinski definition) is 3. The molecule has 0 spiro atoms. The number of halogens is 3. The average molecular weight is 322 g/mol. The SMILES string of the molecule is Nc1ccc2c(c1)CCC2NS(=O)(=O)CCCC(F)(F)F. The Bertz CT molecular complexity index is 614. The van der Waals surface area contributed by atoms with E-state index in [1.807, 2.05) is 0 Å². The van der Waals surface area contributed by atoms with Crippen molar-refractivity contribution in [3.63, 3.8) is 0 Å². The van der Waals surface area contributed by atoms with Crippen LogP contribution in [0.4, 0.5) is 18.9 Å². The van der Waals surface area contributed by atoms with Crippen molar-refractivity contribution in [1.29, 1.82) is 0 Å². The Morgan fingerprint density at radius 2 is 2.05 bits per heavy atom. The van der Waals surface area contributed by atoms with Crippen LogP contribution < -0.4 is 10.5 Å². The summed E-state index contributed by atoms with van der Waals surface area (Å²) in [5.74, 6) is -0.521. The van der Waals surface area contributed by atoms with E-state index in [1.54, 1.807) is 18.2 Å². The van der Waals surface area contributed by atoms with Crippen LogP contribution in [0.5, 0.6) is 0 Å². The van der Waals surface area contributed by atoms with Gasteiger partial charge in [0, 0.05) is 18.2 Å². The van der Waals surface area contributed by atoms with Crippen molar-refractivity contribution in [1.82, 2.24) is 4.72 Å². The lowest BCUT2D eigenvalue weighted by atomic mass is 10.1. The molecule has 0 bridgehead atoms. The second kappa shape index (κ2) is 5.84. The van der Waals surface area contributed by atoms with Gasteiger partial charge in [0.1, 0.15) is 0 Å². The molecule has 1 atom stereocenters. The van der Waals surface area contributed by atoms with E-state index in [-0.39, 0.29) is 6.04 Å². The molecule has 0 saturated carbocycles. The van der Waals surface area contributed by atoms with Gasteiger partial charge in [-0.3, -0.25) is 0 Å². The van der Waals surface area contributed by atoms with E-state index in [0.29, 0.717) is 18.5 Å². The minimum Gasteiger partial charge on any atom is -0.399 e. The second-order valence-corrected chi connectivity index (χ2v) is 7.08. The molecule has 1 aliphatic carbocycles. The fourth-order valence-corrected chi connectivity index (χ4v) is 3.82. The molecule has 0 amide bonds. The van der Waals surface area contributed by atoms with Crippen molar-refractivity contribution in [2.24, 2.45) is 0 Å². The summed E-state index contributed by atoms with van der Waals surface area (Å²) in [4.78, 5) is 0. The van der Waals surface area contributed by atoms with Gasteiger partial charge >= 0.3 is 6.18 Å². The summed E-state index contributed by atoms with van der Waals surface area (Å²) in [6.45, 7) is 0. The molecule has 0 saturated heterocycles. The van der Waals surface area contributed by atoms with Gasteiger partial charge in [0.15, 0.2) is 0 Å². The Kier molecular flexibility index (Phi) is 4.48. The fraction of sp³-hybridized carbons (Fsp3) is 0.538. The van der Waals surface area contributed by atoms with Crippen LogP contribution in [0.2, 0.25) is 0 Å². The smallest absolute Gasteiger partial charge is 0.389 e. The highest BCUT2D eigenvalue weighted by Gasteiger charge is 2.29. The molecule has 4 nitrogen and oxygen atoms in total. The number of nitrogen functional groups attached to an aromatic ring is 1. The van der Waals surface area contributed by atoms with E-state index < -0.39 is 34.8 Å². The van der Waals surface area contributed by atoms with E-state index in [9.17, 15) is 21.6 Å². The molecule has 0 heterocycles. The third-order valence-corrected chi connectivity index (χ3v) is 4.91. The maximum atomic E-state index is 12.0. The molecular weight excluding hydrogens is 305 g/mol. The number of anilines is 1. The summed E-state index contributed by atoms with van der Waals surface area (Å²) in [5, 5.41) is 0. The minimum atomic E-state index is -4.33. The highest BCUT2D eigenvalue weighted by Crippen LogP contribution is 2.33. The monoisotopic (exact) mass is 322 g/mol. The molecule has 0 radical (unpaired) electrons. The van der Waals surface area contributed by atoms with Gasteiger partial charge in [-0.2, -0.15) is 13.2 Å². The first-order valence-corrected chi connectivity index (χ1v) is 8.26. The first-order chi connectivity index (χ1) is 9.66. The van der Waals surface area contributed by atoms with Gasteiger partial charge < -0.3 is 5.73 Å². The summed E-state index contributed by atoms with van der Waals surface area (Å²) >= 11 is 0. The predicted octanol–water partition coefficient (Wildman–Crippen LogP) is 2.52. The van der Waals surface area contributed by atoms with Gasteiger partial charge in [-0.1, -0.05) is 6.07 Å². The third-order valence-electron chi connectivity index (χ3n) is 3.44. The molecule has 0 aliphatic heterocycles. The Labute approximate surface area is 121 Å². The summed E-state index contributed by atoms with van der Waals surface area (Å²) in [5.41, 5.74) is 8.11. The number of benzene rings is 1. The van der Waals surface area contributed by atoms with Crippen LogP contribution in [0.15, 0.2) is 18.2 Å². The molecule has 1 unspecified atom stereocenters. The first kappa shape index (κ1) is 16.1. The van der Waals surface area contributed by atoms with E-state index in [1.165, 1.54) is 0 Å². The van der Waals surface area contributed by atoms with Gasteiger partial charge in [0.25, 0.3) is 0 Å². The molecule has 0 fully saturated rings. The maximum absolute atomic E-state index is 12.0. The second-order valence-electron chi connectivity index (χ2n) is 5.20. The van der Waals surface area contributed by atoms with Crippen LogP contribution in [0.25, 0.3) is 0 Å². The molecule has 3 N–H and O–H groups in total. The maximum Gasteiger partial charge on any atom is 0.389 e. The lowest BCUT2D eigenvalue weighted by molar-refractivity contribution is -0.134. The van der Waals surface area contributed by atoms with Crippen molar-refractivity contribution in [2.45, 2.75) is 37.9 Å². The van der Waals surface area contributed by atoms with Gasteiger partial charge in [-0.05, 0) is 42.5 Å². The van der Waals surface area contributed by atoms with Crippen molar-refractivity contribution in [2.75, 3.05) is 11.5 Å². The molecule has 1 aromatic rings. The van der Waals surface area contributed by atoms with Crippen molar-refractivity contribution in [3.05, 3.63) is 29.3 Å². The van der Waals surface area contributed by atoms with E-state index in [2.05, 4.69) is 4.72 Å². The summed E-state index contributed by atoms with van der Waals surface area (Å²) in [6.07, 6.45) is -4.55. The lowest BCUT2D eigenvalue weighted by Gasteiger charge is -2.15. The molecular formula is C13H17F3N2O2S. The van der Waals surface area contributed by atoms with E-state index >= 15 is 0 Å². The van der Waals surface area contributed by atoms with Crippen LogP contribution in [-0.2, 0) is 16.4 Å². The third kappa shape index (κ3) is 4.60. The Hall–Kier alpha value is -1.28. The highest BCUT2D eigenvalue weighted by molar-refractivity contribution is 7.89. The summed E-state index contributed by atoms with van der Waals surface area (Å²) in [6, 6.07) is 4.87. The highest BCUT2D eigenvalue weighted by atomic mass is 32.2. The molecule has 1 aromatic carbocycles. The molecule has 21 heavy (non-hydrogen) atoms. The molecule has 0 aromatic heterocycles. The van der Waals surface area contributed by atoms with Crippen LogP contribution in [0.1, 0.15) is 36.4 Å². The number of nitrogens with two attached hydrogens (primary N) is 1. The van der Waals surface area contributed by atoms with Gasteiger partial charge in [0.05, 0.1) is 5.75 Å². The minimum absolute atomic E-state index is 0.378. The molecule has 1 aliphatic rings. The van der Waals surface area contributed by atoms with Crippen molar-refractivity contribution < 1.29 is 21.6 Å². The summed E-state index contributed by atoms with van der Waals surface area (Å²) < 4.78 is 62.3. The Morgan fingerprint density at radius 1 is 1.33 bits per heavy atom. The number of aryl methyl sites for hydroxylation is 1. The number of hydrogen-bond donors (Lipinski definition) is 2. The number of nitrogens with one attached hydrogen (secondary N) is 1. The summed E-state index contributed by atoms with van der Waals surface area (Å²) in [7, 11) is -3.72. The Morgan fingerprint density at radius 3 is 2.71 bits per heavy atom. The van der Waals surface area contributed by atoms with Crippen LogP contribution in [-0.4, -0.2) is 20.3 Å². The largest absolute Gasteiger partial charge is 0.399 e. The van der Waals surface area contributed by atoms with Crippen molar-refractivity contribution in [3.8, 4) is 0 Å².